The number of piperidine rings is 1. The van der Waals surface area contributed by atoms with Gasteiger partial charge in [-0.3, -0.25) is 9.59 Å². The molecule has 1 heterocycles. The number of hydrogen-bond donors (Lipinski definition) is 2. The molecule has 2 rings (SSSR count). The molecule has 1 aliphatic heterocycles. The predicted molar refractivity (Wildman–Crippen MR) is 83.0 cm³/mol. The number of nitrogen functional groups attached to an aromatic ring is 1. The molecule has 1 atom stereocenters. The van der Waals surface area contributed by atoms with Crippen molar-refractivity contribution in [3.8, 4) is 0 Å². The van der Waals surface area contributed by atoms with Gasteiger partial charge in [-0.2, -0.15) is 0 Å². The Morgan fingerprint density at radius 2 is 2.14 bits per heavy atom. The molecule has 1 fully saturated rings. The van der Waals surface area contributed by atoms with E-state index in [0.717, 1.165) is 31.4 Å². The maximum Gasteiger partial charge on any atom is 0.256 e. The molecule has 0 saturated carbocycles. The van der Waals surface area contributed by atoms with Crippen molar-refractivity contribution >= 4 is 17.5 Å². The predicted octanol–water partition coefficient (Wildman–Crippen LogP) is 1.71. The number of likely N-dealkylation sites (tertiary alicyclic amines) is 1. The van der Waals surface area contributed by atoms with Crippen LogP contribution in [0, 0.1) is 6.92 Å². The first-order chi connectivity index (χ1) is 10.0. The van der Waals surface area contributed by atoms with Crippen molar-refractivity contribution in [3.63, 3.8) is 0 Å². The Morgan fingerprint density at radius 3 is 2.86 bits per heavy atom. The molecule has 1 aromatic carbocycles. The van der Waals surface area contributed by atoms with E-state index < -0.39 is 0 Å². The minimum atomic E-state index is -0.0666. The topological polar surface area (TPSA) is 75.4 Å². The third-order valence-electron chi connectivity index (χ3n) is 4.03. The van der Waals surface area contributed by atoms with Crippen LogP contribution >= 0.6 is 0 Å². The van der Waals surface area contributed by atoms with Gasteiger partial charge in [0.15, 0.2) is 0 Å². The van der Waals surface area contributed by atoms with E-state index in [1.54, 1.807) is 6.07 Å². The van der Waals surface area contributed by atoms with Gasteiger partial charge in [-0.05, 0) is 37.8 Å². The molecule has 0 aromatic heterocycles. The zero-order chi connectivity index (χ0) is 15.4. The summed E-state index contributed by atoms with van der Waals surface area (Å²) in [7, 11) is 0. The number of benzene rings is 1. The van der Waals surface area contributed by atoms with E-state index in [2.05, 4.69) is 5.32 Å². The highest BCUT2D eigenvalue weighted by molar-refractivity contribution is 6.00. The summed E-state index contributed by atoms with van der Waals surface area (Å²) in [4.78, 5) is 25.7. The van der Waals surface area contributed by atoms with E-state index in [0.29, 0.717) is 17.8 Å². The molecule has 1 aromatic rings. The number of anilines is 1. The van der Waals surface area contributed by atoms with Crippen molar-refractivity contribution in [3.05, 3.63) is 29.3 Å². The van der Waals surface area contributed by atoms with E-state index in [1.165, 1.54) is 6.92 Å². The molecule has 0 bridgehead atoms. The van der Waals surface area contributed by atoms with Crippen LogP contribution in [0.4, 0.5) is 5.69 Å². The number of rotatable bonds is 3. The number of para-hydroxylation sites is 1. The van der Waals surface area contributed by atoms with Gasteiger partial charge in [0, 0.05) is 31.7 Å². The molecule has 0 radical (unpaired) electrons. The zero-order valence-corrected chi connectivity index (χ0v) is 12.7. The summed E-state index contributed by atoms with van der Waals surface area (Å²) in [6, 6.07) is 5.58. The van der Waals surface area contributed by atoms with Gasteiger partial charge in [-0.1, -0.05) is 12.1 Å². The lowest BCUT2D eigenvalue weighted by Gasteiger charge is -2.36. The fourth-order valence-electron chi connectivity index (χ4n) is 2.76. The van der Waals surface area contributed by atoms with Gasteiger partial charge >= 0.3 is 0 Å². The molecule has 21 heavy (non-hydrogen) atoms. The third kappa shape index (κ3) is 3.54. The van der Waals surface area contributed by atoms with Crippen LogP contribution in [0.2, 0.25) is 0 Å². The van der Waals surface area contributed by atoms with Crippen molar-refractivity contribution in [2.24, 2.45) is 0 Å². The van der Waals surface area contributed by atoms with Crippen LogP contribution < -0.4 is 11.1 Å². The molecule has 3 N–H and O–H groups in total. The van der Waals surface area contributed by atoms with E-state index >= 15 is 0 Å². The van der Waals surface area contributed by atoms with Gasteiger partial charge in [-0.25, -0.2) is 0 Å². The van der Waals surface area contributed by atoms with Crippen molar-refractivity contribution in [2.45, 2.75) is 39.2 Å². The molecule has 0 aliphatic carbocycles. The van der Waals surface area contributed by atoms with E-state index in [-0.39, 0.29) is 17.9 Å². The lowest BCUT2D eigenvalue weighted by atomic mass is 9.99. The molecule has 5 heteroatoms. The molecular formula is C16H23N3O2. The largest absolute Gasteiger partial charge is 0.398 e. The summed E-state index contributed by atoms with van der Waals surface area (Å²) in [5, 5.41) is 2.81. The summed E-state index contributed by atoms with van der Waals surface area (Å²) in [6.07, 6.45) is 2.99. The van der Waals surface area contributed by atoms with Crippen LogP contribution in [-0.2, 0) is 4.79 Å². The van der Waals surface area contributed by atoms with Crippen molar-refractivity contribution < 1.29 is 9.59 Å². The molecule has 0 spiro atoms. The Kier molecular flexibility index (Phi) is 4.83. The molecule has 5 nitrogen and oxygen atoms in total. The van der Waals surface area contributed by atoms with Gasteiger partial charge in [0.2, 0.25) is 5.91 Å². The normalized spacial score (nSPS) is 18.4. The summed E-state index contributed by atoms with van der Waals surface area (Å²) in [6.45, 7) is 4.62. The monoisotopic (exact) mass is 289 g/mol. The standard InChI is InChI=1S/C16H23N3O2/c1-11-6-5-8-14(15(11)17)16(21)19-9-4-3-7-13(19)10-18-12(2)20/h5-6,8,13H,3-4,7,9-10,17H2,1-2H3,(H,18,20). The van der Waals surface area contributed by atoms with Crippen LogP contribution in [0.25, 0.3) is 0 Å². The number of carbonyl (C=O) groups is 2. The van der Waals surface area contributed by atoms with Crippen LogP contribution in [-0.4, -0.2) is 35.8 Å². The quantitative estimate of drug-likeness (QED) is 0.832. The number of nitrogens with one attached hydrogen (secondary N) is 1. The highest BCUT2D eigenvalue weighted by atomic mass is 16.2. The Bertz CT molecular complexity index is 542. The smallest absolute Gasteiger partial charge is 0.256 e. The van der Waals surface area contributed by atoms with Crippen LogP contribution in [0.15, 0.2) is 18.2 Å². The number of nitrogens with two attached hydrogens (primary N) is 1. The Morgan fingerprint density at radius 1 is 1.38 bits per heavy atom. The summed E-state index contributed by atoms with van der Waals surface area (Å²) >= 11 is 0. The first-order valence-electron chi connectivity index (χ1n) is 7.41. The van der Waals surface area contributed by atoms with Crippen molar-refractivity contribution in [1.82, 2.24) is 10.2 Å². The minimum absolute atomic E-state index is 0.0359. The fourth-order valence-corrected chi connectivity index (χ4v) is 2.76. The number of hydrogen-bond acceptors (Lipinski definition) is 3. The second-order valence-corrected chi connectivity index (χ2v) is 5.62. The molecule has 2 amide bonds. The first-order valence-corrected chi connectivity index (χ1v) is 7.41. The molecular weight excluding hydrogens is 266 g/mol. The number of carbonyl (C=O) groups excluding carboxylic acids is 2. The average Bonchev–Trinajstić information content (AvgIpc) is 2.47. The maximum absolute atomic E-state index is 12.8. The Balaban J connectivity index is 2.18. The number of nitrogens with zero attached hydrogens (tertiary/aromatic N) is 1. The van der Waals surface area contributed by atoms with E-state index in [9.17, 15) is 9.59 Å². The lowest BCUT2D eigenvalue weighted by Crippen LogP contribution is -2.49. The maximum atomic E-state index is 12.8. The summed E-state index contributed by atoms with van der Waals surface area (Å²) in [5.41, 5.74) is 8.06. The van der Waals surface area contributed by atoms with Crippen molar-refractivity contribution in [2.75, 3.05) is 18.8 Å². The van der Waals surface area contributed by atoms with Crippen LogP contribution in [0.3, 0.4) is 0 Å². The van der Waals surface area contributed by atoms with E-state index in [1.807, 2.05) is 24.0 Å². The van der Waals surface area contributed by atoms with Crippen LogP contribution in [0.1, 0.15) is 42.1 Å². The fraction of sp³-hybridized carbons (Fsp3) is 0.500. The number of aryl methyl sites for hydroxylation is 1. The Hall–Kier alpha value is -2.04. The minimum Gasteiger partial charge on any atom is -0.398 e. The highest BCUT2D eigenvalue weighted by Crippen LogP contribution is 2.23. The molecule has 114 valence electrons. The molecule has 1 saturated heterocycles. The zero-order valence-electron chi connectivity index (χ0n) is 12.7. The SMILES string of the molecule is CC(=O)NCC1CCCCN1C(=O)c1cccc(C)c1N. The van der Waals surface area contributed by atoms with E-state index in [4.69, 9.17) is 5.73 Å². The molecule has 1 unspecified atom stereocenters. The van der Waals surface area contributed by atoms with Gasteiger partial charge in [-0.15, -0.1) is 0 Å². The van der Waals surface area contributed by atoms with Crippen LogP contribution in [0.5, 0.6) is 0 Å². The third-order valence-corrected chi connectivity index (χ3v) is 4.03. The van der Waals surface area contributed by atoms with Gasteiger partial charge in [0.05, 0.1) is 5.56 Å². The van der Waals surface area contributed by atoms with Gasteiger partial charge < -0.3 is 16.0 Å². The lowest BCUT2D eigenvalue weighted by molar-refractivity contribution is -0.119. The summed E-state index contributed by atoms with van der Waals surface area (Å²) < 4.78 is 0. The summed E-state index contributed by atoms with van der Waals surface area (Å²) in [5.74, 6) is -0.103. The molecule has 1 aliphatic rings. The average molecular weight is 289 g/mol. The highest BCUT2D eigenvalue weighted by Gasteiger charge is 2.28. The Labute approximate surface area is 125 Å². The van der Waals surface area contributed by atoms with Crippen molar-refractivity contribution in [1.29, 1.82) is 0 Å². The second-order valence-electron chi connectivity index (χ2n) is 5.62. The first kappa shape index (κ1) is 15.4. The second kappa shape index (κ2) is 6.61. The van der Waals surface area contributed by atoms with Gasteiger partial charge in [0.25, 0.3) is 5.91 Å². The van der Waals surface area contributed by atoms with Gasteiger partial charge in [0.1, 0.15) is 0 Å². The number of amides is 2.